The quantitative estimate of drug-likeness (QED) is 0.362. The van der Waals surface area contributed by atoms with Crippen molar-refractivity contribution in [3.05, 3.63) is 88.1 Å². The predicted molar refractivity (Wildman–Crippen MR) is 115 cm³/mol. The van der Waals surface area contributed by atoms with Gasteiger partial charge in [-0.05, 0) is 48.6 Å². The number of benzene rings is 2. The number of carbonyl (C=O) groups excluding carboxylic acids is 1. The molecule has 0 radical (unpaired) electrons. The lowest BCUT2D eigenvalue weighted by molar-refractivity contribution is 0.0950. The van der Waals surface area contributed by atoms with Crippen molar-refractivity contribution in [1.29, 1.82) is 0 Å². The lowest BCUT2D eigenvalue weighted by Gasteiger charge is -2.11. The van der Waals surface area contributed by atoms with E-state index in [1.807, 2.05) is 12.1 Å². The zero-order valence-electron chi connectivity index (χ0n) is 14.8. The summed E-state index contributed by atoms with van der Waals surface area (Å²) in [6.45, 7) is 0. The van der Waals surface area contributed by atoms with E-state index in [0.29, 0.717) is 27.4 Å². The summed E-state index contributed by atoms with van der Waals surface area (Å²) in [5.74, 6) is -0.324. The summed E-state index contributed by atoms with van der Waals surface area (Å²) < 4.78 is 10.4. The Labute approximate surface area is 175 Å². The van der Waals surface area contributed by atoms with E-state index in [0.717, 1.165) is 5.39 Å². The van der Waals surface area contributed by atoms with Gasteiger partial charge in [-0.2, -0.15) is 0 Å². The van der Waals surface area contributed by atoms with E-state index in [2.05, 4.69) is 10.6 Å². The molecule has 0 saturated carbocycles. The van der Waals surface area contributed by atoms with Crippen molar-refractivity contribution in [2.45, 2.75) is 0 Å². The molecule has 4 rings (SSSR count). The molecule has 0 unspecified atom stereocenters. The average molecular weight is 425 g/mol. The fourth-order valence-electron chi connectivity index (χ4n) is 2.80. The molecule has 29 heavy (non-hydrogen) atoms. The van der Waals surface area contributed by atoms with Crippen LogP contribution < -0.4 is 16.3 Å². The van der Waals surface area contributed by atoms with Crippen LogP contribution in [-0.2, 0) is 0 Å². The van der Waals surface area contributed by atoms with Gasteiger partial charge >= 0.3 is 5.63 Å². The van der Waals surface area contributed by atoms with E-state index in [1.54, 1.807) is 42.5 Å². The first-order valence-electron chi connectivity index (χ1n) is 8.50. The summed E-state index contributed by atoms with van der Waals surface area (Å²) in [5.41, 5.74) is 1.46. The minimum Gasteiger partial charge on any atom is -0.459 e. The van der Waals surface area contributed by atoms with Crippen LogP contribution in [0.15, 0.2) is 80.6 Å². The fourth-order valence-corrected chi connectivity index (χ4v) is 3.29. The van der Waals surface area contributed by atoms with Gasteiger partial charge in [0.15, 0.2) is 10.9 Å². The number of halogens is 1. The molecular formula is C21H13ClN2O4S. The van der Waals surface area contributed by atoms with E-state index in [4.69, 9.17) is 32.7 Å². The molecule has 6 nitrogen and oxygen atoms in total. The molecule has 1 amide bonds. The Bertz CT molecular complexity index is 1280. The second-order valence-electron chi connectivity index (χ2n) is 6.07. The van der Waals surface area contributed by atoms with E-state index in [1.165, 1.54) is 12.3 Å². The molecule has 0 atom stereocenters. The van der Waals surface area contributed by atoms with Crippen molar-refractivity contribution in [3.63, 3.8) is 0 Å². The van der Waals surface area contributed by atoms with E-state index >= 15 is 0 Å². The van der Waals surface area contributed by atoms with Gasteiger partial charge in [0, 0.05) is 16.6 Å². The third-order valence-corrected chi connectivity index (χ3v) is 4.65. The minimum absolute atomic E-state index is 0.0837. The lowest BCUT2D eigenvalue weighted by Crippen LogP contribution is -2.33. The molecule has 144 valence electrons. The molecule has 0 aliphatic rings. The largest absolute Gasteiger partial charge is 0.459 e. The Morgan fingerprint density at radius 1 is 1.00 bits per heavy atom. The SMILES string of the molecule is O=C(NC(=S)Nc1ccc(-c2cc3ccccc3oc2=O)c(Cl)c1)c1ccco1. The molecule has 2 aromatic carbocycles. The Morgan fingerprint density at radius 2 is 1.83 bits per heavy atom. The van der Waals surface area contributed by atoms with Gasteiger partial charge in [-0.3, -0.25) is 10.1 Å². The fraction of sp³-hybridized carbons (Fsp3) is 0. The third kappa shape index (κ3) is 4.06. The molecule has 8 heteroatoms. The van der Waals surface area contributed by atoms with Crippen LogP contribution in [0.2, 0.25) is 5.02 Å². The predicted octanol–water partition coefficient (Wildman–Crippen LogP) is 4.83. The normalized spacial score (nSPS) is 10.7. The molecule has 0 spiro atoms. The number of thiocarbonyl (C=S) groups is 1. The Balaban J connectivity index is 1.55. The van der Waals surface area contributed by atoms with Crippen LogP contribution in [0.4, 0.5) is 5.69 Å². The Hall–Kier alpha value is -3.42. The molecule has 0 aliphatic carbocycles. The maximum Gasteiger partial charge on any atom is 0.344 e. The molecule has 4 aromatic rings. The molecular weight excluding hydrogens is 412 g/mol. The van der Waals surface area contributed by atoms with Crippen molar-refractivity contribution >= 4 is 51.5 Å². The van der Waals surface area contributed by atoms with Crippen molar-refractivity contribution in [2.75, 3.05) is 5.32 Å². The summed E-state index contributed by atoms with van der Waals surface area (Å²) in [6.07, 6.45) is 1.40. The standard InChI is InChI=1S/C21H13ClN2O4S/c22-16-11-13(23-21(29)24-19(25)18-6-3-9-27-18)7-8-14(16)15-10-12-4-1-2-5-17(12)28-20(15)26/h1-11H,(H2,23,24,25,29). The minimum atomic E-state index is -0.479. The number of fused-ring (bicyclic) bond motifs is 1. The maximum absolute atomic E-state index is 12.4. The van der Waals surface area contributed by atoms with E-state index in [9.17, 15) is 9.59 Å². The van der Waals surface area contributed by atoms with E-state index < -0.39 is 11.5 Å². The van der Waals surface area contributed by atoms with Crippen molar-refractivity contribution in [3.8, 4) is 11.1 Å². The molecule has 0 aliphatic heterocycles. The van der Waals surface area contributed by atoms with Gasteiger partial charge in [-0.15, -0.1) is 0 Å². The van der Waals surface area contributed by atoms with Crippen LogP contribution in [-0.4, -0.2) is 11.0 Å². The van der Waals surface area contributed by atoms with Crippen LogP contribution in [0.5, 0.6) is 0 Å². The van der Waals surface area contributed by atoms with Crippen LogP contribution in [0, 0.1) is 0 Å². The van der Waals surface area contributed by atoms with Crippen LogP contribution in [0.3, 0.4) is 0 Å². The molecule has 2 aromatic heterocycles. The first-order valence-corrected chi connectivity index (χ1v) is 9.28. The smallest absolute Gasteiger partial charge is 0.344 e. The lowest BCUT2D eigenvalue weighted by atomic mass is 10.1. The molecule has 2 heterocycles. The summed E-state index contributed by atoms with van der Waals surface area (Å²) in [4.78, 5) is 24.3. The molecule has 2 N–H and O–H groups in total. The first kappa shape index (κ1) is 18.9. The zero-order chi connectivity index (χ0) is 20.4. The Morgan fingerprint density at radius 3 is 2.59 bits per heavy atom. The Kier molecular flexibility index (Phi) is 5.16. The highest BCUT2D eigenvalue weighted by molar-refractivity contribution is 7.80. The third-order valence-electron chi connectivity index (χ3n) is 4.13. The molecule has 0 bridgehead atoms. The van der Waals surface area contributed by atoms with E-state index in [-0.39, 0.29) is 10.9 Å². The average Bonchev–Trinajstić information content (AvgIpc) is 3.23. The van der Waals surface area contributed by atoms with Crippen LogP contribution in [0.25, 0.3) is 22.1 Å². The molecule has 0 saturated heterocycles. The topological polar surface area (TPSA) is 84.5 Å². The van der Waals surface area contributed by atoms with Crippen LogP contribution >= 0.6 is 23.8 Å². The molecule has 0 fully saturated rings. The highest BCUT2D eigenvalue weighted by atomic mass is 35.5. The maximum atomic E-state index is 12.4. The van der Waals surface area contributed by atoms with Gasteiger partial charge in [0.2, 0.25) is 0 Å². The van der Waals surface area contributed by atoms with Crippen molar-refractivity contribution in [1.82, 2.24) is 5.32 Å². The van der Waals surface area contributed by atoms with Gasteiger partial charge in [0.1, 0.15) is 5.58 Å². The second kappa shape index (κ2) is 7.90. The summed E-state index contributed by atoms with van der Waals surface area (Å²) in [5, 5.41) is 6.58. The van der Waals surface area contributed by atoms with Gasteiger partial charge in [0.25, 0.3) is 5.91 Å². The number of hydrogen-bond acceptors (Lipinski definition) is 5. The number of rotatable bonds is 3. The number of para-hydroxylation sites is 1. The van der Waals surface area contributed by atoms with Crippen molar-refractivity contribution < 1.29 is 13.6 Å². The van der Waals surface area contributed by atoms with Gasteiger partial charge < -0.3 is 14.2 Å². The van der Waals surface area contributed by atoms with Gasteiger partial charge in [-0.1, -0.05) is 35.9 Å². The number of nitrogens with one attached hydrogen (secondary N) is 2. The second-order valence-corrected chi connectivity index (χ2v) is 6.88. The monoisotopic (exact) mass is 424 g/mol. The zero-order valence-corrected chi connectivity index (χ0v) is 16.3. The highest BCUT2D eigenvalue weighted by Gasteiger charge is 2.13. The number of hydrogen-bond donors (Lipinski definition) is 2. The number of amides is 1. The summed E-state index contributed by atoms with van der Waals surface area (Å²) in [7, 11) is 0. The number of carbonyl (C=O) groups is 1. The van der Waals surface area contributed by atoms with Gasteiger partial charge in [0.05, 0.1) is 16.8 Å². The first-order chi connectivity index (χ1) is 14.0. The van der Waals surface area contributed by atoms with Crippen LogP contribution in [0.1, 0.15) is 10.6 Å². The highest BCUT2D eigenvalue weighted by Crippen LogP contribution is 2.30. The summed E-state index contributed by atoms with van der Waals surface area (Å²) in [6, 6.07) is 17.1. The number of furan rings is 1. The van der Waals surface area contributed by atoms with Crippen molar-refractivity contribution in [2.24, 2.45) is 0 Å². The summed E-state index contributed by atoms with van der Waals surface area (Å²) >= 11 is 11.5. The number of anilines is 1. The van der Waals surface area contributed by atoms with Gasteiger partial charge in [-0.25, -0.2) is 4.79 Å².